The molecule has 1 rings (SSSR count). The molecule has 0 aromatic carbocycles. The number of hydrogen-bond acceptors (Lipinski definition) is 0. The van der Waals surface area contributed by atoms with Gasteiger partial charge in [0.1, 0.15) is 12.4 Å². The summed E-state index contributed by atoms with van der Waals surface area (Å²) in [6, 6.07) is 0. The molecule has 0 fully saturated rings. The third-order valence-electron chi connectivity index (χ3n) is 1.32. The molecular formula is C6H13N2Si+. The normalized spacial score (nSPS) is 11.9. The molecule has 0 unspecified atom stereocenters. The molecule has 0 amide bonds. The van der Waals surface area contributed by atoms with Crippen molar-refractivity contribution >= 4 is 8.24 Å². The fourth-order valence-corrected chi connectivity index (χ4v) is 1.69. The summed E-state index contributed by atoms with van der Waals surface area (Å²) in [6.45, 7) is 6.92. The van der Waals surface area contributed by atoms with Crippen LogP contribution in [0.15, 0.2) is 18.7 Å². The fourth-order valence-electron chi connectivity index (χ4n) is 0.707. The molecule has 1 aromatic heterocycles. The van der Waals surface area contributed by atoms with Crippen LogP contribution in [0.1, 0.15) is 0 Å². The average molecular weight is 141 g/mol. The summed E-state index contributed by atoms with van der Waals surface area (Å²) < 4.78 is 2.27. The van der Waals surface area contributed by atoms with Crippen molar-refractivity contribution in [1.82, 2.24) is 4.98 Å². The highest BCUT2D eigenvalue weighted by Crippen LogP contribution is 1.92. The average Bonchev–Trinajstić information content (AvgIpc) is 2.08. The highest BCUT2D eigenvalue weighted by molar-refractivity contribution is 6.67. The third-order valence-corrected chi connectivity index (χ3v) is 3.15. The second-order valence-corrected chi connectivity index (χ2v) is 8.05. The molecular weight excluding hydrogens is 128 g/mol. The molecule has 0 atom stereocenters. The summed E-state index contributed by atoms with van der Waals surface area (Å²) in [7, 11) is -1.10. The highest BCUT2D eigenvalue weighted by atomic mass is 28.3. The van der Waals surface area contributed by atoms with Crippen LogP contribution in [0, 0.1) is 0 Å². The third kappa shape index (κ3) is 1.42. The molecule has 9 heavy (non-hydrogen) atoms. The van der Waals surface area contributed by atoms with Crippen LogP contribution in [0.4, 0.5) is 0 Å². The van der Waals surface area contributed by atoms with Gasteiger partial charge in [0, 0.05) is 0 Å². The van der Waals surface area contributed by atoms with Crippen LogP contribution in [-0.4, -0.2) is 13.2 Å². The van der Waals surface area contributed by atoms with Gasteiger partial charge in [0.05, 0.1) is 0 Å². The van der Waals surface area contributed by atoms with Gasteiger partial charge in [-0.3, -0.25) is 9.22 Å². The van der Waals surface area contributed by atoms with Crippen molar-refractivity contribution in [3.8, 4) is 0 Å². The number of aromatic nitrogens is 2. The zero-order valence-electron chi connectivity index (χ0n) is 6.18. The maximum Gasteiger partial charge on any atom is 0.257 e. The van der Waals surface area contributed by atoms with Gasteiger partial charge in [-0.15, -0.1) is 0 Å². The molecule has 0 saturated heterocycles. The lowest BCUT2D eigenvalue weighted by molar-refractivity contribution is -0.543. The predicted octanol–water partition coefficient (Wildman–Crippen LogP) is 0.985. The minimum absolute atomic E-state index is 1.10. The van der Waals surface area contributed by atoms with E-state index in [1.807, 2.05) is 12.5 Å². The lowest BCUT2D eigenvalue weighted by atomic mass is 11.0. The maximum absolute atomic E-state index is 3.03. The summed E-state index contributed by atoms with van der Waals surface area (Å²) in [5, 5.41) is 0. The smallest absolute Gasteiger partial charge is 0.257 e. The quantitative estimate of drug-likeness (QED) is 0.563. The standard InChI is InChI=1S/C6H12N2Si/c1-9(2,3)8-5-4-7-6-8/h4-6H,1-3H3/p+1. The molecule has 0 aliphatic heterocycles. The Morgan fingerprint density at radius 2 is 2.00 bits per heavy atom. The van der Waals surface area contributed by atoms with Crippen LogP contribution in [0.5, 0.6) is 0 Å². The van der Waals surface area contributed by atoms with Gasteiger partial charge in [-0.2, -0.15) is 0 Å². The van der Waals surface area contributed by atoms with Gasteiger partial charge < -0.3 is 0 Å². The van der Waals surface area contributed by atoms with E-state index in [4.69, 9.17) is 0 Å². The molecule has 50 valence electrons. The first-order valence-electron chi connectivity index (χ1n) is 3.15. The van der Waals surface area contributed by atoms with E-state index < -0.39 is 8.24 Å². The Morgan fingerprint density at radius 3 is 2.22 bits per heavy atom. The molecule has 1 N–H and O–H groups in total. The van der Waals surface area contributed by atoms with E-state index in [2.05, 4.69) is 35.1 Å². The lowest BCUT2D eigenvalue weighted by Gasteiger charge is -2.08. The van der Waals surface area contributed by atoms with E-state index in [1.54, 1.807) is 0 Å². The first kappa shape index (κ1) is 6.55. The monoisotopic (exact) mass is 141 g/mol. The minimum Gasteiger partial charge on any atom is -0.288 e. The Morgan fingerprint density at radius 1 is 1.33 bits per heavy atom. The van der Waals surface area contributed by atoms with Crippen LogP contribution in [0.3, 0.4) is 0 Å². The molecule has 1 heterocycles. The number of hydrogen-bond donors (Lipinski definition) is 1. The molecule has 3 heteroatoms. The van der Waals surface area contributed by atoms with Crippen molar-refractivity contribution in [2.24, 2.45) is 0 Å². The fraction of sp³-hybridized carbons (Fsp3) is 0.500. The highest BCUT2D eigenvalue weighted by Gasteiger charge is 2.21. The SMILES string of the molecule is C[Si](C)(C)[n+]1cc[nH]c1. The Hall–Kier alpha value is -0.573. The molecule has 2 nitrogen and oxygen atoms in total. The molecule has 1 aromatic rings. The van der Waals surface area contributed by atoms with E-state index in [-0.39, 0.29) is 0 Å². The van der Waals surface area contributed by atoms with Gasteiger partial charge in [-0.1, -0.05) is 0 Å². The van der Waals surface area contributed by atoms with Crippen molar-refractivity contribution in [1.29, 1.82) is 0 Å². The largest absolute Gasteiger partial charge is 0.288 e. The summed E-state index contributed by atoms with van der Waals surface area (Å²) in [4.78, 5) is 3.03. The molecule has 0 radical (unpaired) electrons. The number of nitrogens with zero attached hydrogens (tertiary/aromatic N) is 1. The van der Waals surface area contributed by atoms with E-state index in [0.29, 0.717) is 0 Å². The van der Waals surface area contributed by atoms with Crippen molar-refractivity contribution in [3.05, 3.63) is 18.7 Å². The molecule has 0 aliphatic carbocycles. The maximum atomic E-state index is 3.03. The van der Waals surface area contributed by atoms with Gasteiger partial charge in [0.25, 0.3) is 8.24 Å². The predicted molar refractivity (Wildman–Crippen MR) is 39.7 cm³/mol. The number of H-pyrrole nitrogens is 1. The van der Waals surface area contributed by atoms with E-state index in [0.717, 1.165) is 0 Å². The van der Waals surface area contributed by atoms with Crippen LogP contribution in [-0.2, 0) is 0 Å². The van der Waals surface area contributed by atoms with E-state index in [1.165, 1.54) is 0 Å². The zero-order valence-corrected chi connectivity index (χ0v) is 7.18. The Kier molecular flexibility index (Phi) is 1.44. The van der Waals surface area contributed by atoms with Gasteiger partial charge in [-0.25, -0.2) is 0 Å². The number of nitrogens with one attached hydrogen (secondary N) is 1. The van der Waals surface area contributed by atoms with Crippen molar-refractivity contribution in [2.45, 2.75) is 19.6 Å². The van der Waals surface area contributed by atoms with Gasteiger partial charge in [-0.05, 0) is 19.6 Å². The molecule has 0 bridgehead atoms. The zero-order chi connectivity index (χ0) is 6.91. The van der Waals surface area contributed by atoms with Gasteiger partial charge in [0.2, 0.25) is 6.33 Å². The number of imidazole rings is 1. The Labute approximate surface area is 56.6 Å². The van der Waals surface area contributed by atoms with Crippen molar-refractivity contribution in [2.75, 3.05) is 0 Å². The summed E-state index contributed by atoms with van der Waals surface area (Å²) in [5.41, 5.74) is 0. The number of rotatable bonds is 1. The van der Waals surface area contributed by atoms with Crippen molar-refractivity contribution < 1.29 is 4.23 Å². The van der Waals surface area contributed by atoms with Crippen LogP contribution in [0.2, 0.25) is 19.6 Å². The molecule has 0 spiro atoms. The van der Waals surface area contributed by atoms with E-state index in [9.17, 15) is 0 Å². The summed E-state index contributed by atoms with van der Waals surface area (Å²) in [5.74, 6) is 0. The van der Waals surface area contributed by atoms with Crippen LogP contribution < -0.4 is 4.23 Å². The van der Waals surface area contributed by atoms with Crippen LogP contribution >= 0.6 is 0 Å². The first-order valence-corrected chi connectivity index (χ1v) is 6.60. The van der Waals surface area contributed by atoms with Gasteiger partial charge >= 0.3 is 0 Å². The molecule has 0 saturated carbocycles. The van der Waals surface area contributed by atoms with Crippen molar-refractivity contribution in [3.63, 3.8) is 0 Å². The second-order valence-electron chi connectivity index (χ2n) is 3.19. The van der Waals surface area contributed by atoms with Gasteiger partial charge in [0.15, 0.2) is 0 Å². The summed E-state index contributed by atoms with van der Waals surface area (Å²) >= 11 is 0. The first-order chi connectivity index (χ1) is 4.11. The Bertz CT molecular complexity index is 173. The number of aromatic amines is 1. The summed E-state index contributed by atoms with van der Waals surface area (Å²) in [6.07, 6.45) is 6.07. The minimum atomic E-state index is -1.10. The lowest BCUT2D eigenvalue weighted by Crippen LogP contribution is -2.56. The molecule has 0 aliphatic rings. The van der Waals surface area contributed by atoms with E-state index >= 15 is 0 Å². The van der Waals surface area contributed by atoms with Crippen LogP contribution in [0.25, 0.3) is 0 Å². The Balaban J connectivity index is 2.90. The topological polar surface area (TPSA) is 19.7 Å². The second kappa shape index (κ2) is 1.99.